The summed E-state index contributed by atoms with van der Waals surface area (Å²) in [4.78, 5) is 0. The molecule has 5 nitrogen and oxygen atoms in total. The second kappa shape index (κ2) is 86.9. The number of hydrogen-bond donors (Lipinski definition) is 1. The molecule has 0 aromatic carbocycles. The molecular weight excluding hydrogens is 538 g/mol. The molecule has 0 aliphatic heterocycles. The topological polar surface area (TPSA) is 140 Å². The van der Waals surface area contributed by atoms with E-state index in [-0.39, 0.29) is 115 Å². The van der Waals surface area contributed by atoms with Crippen LogP contribution in [0.5, 0.6) is 0 Å². The SMILES string of the molecule is [Ag+].[Ag+].[Ag+].[Ag+].[NH-][P]N.[OH-].[OH-].[OH-]. The van der Waals surface area contributed by atoms with Crippen molar-refractivity contribution >= 4 is 8.88 Å². The Labute approximate surface area is 124 Å². The molecular formula is H6Ag4N2O3P. The van der Waals surface area contributed by atoms with Crippen molar-refractivity contribution in [1.29, 1.82) is 0 Å². The molecule has 10 heteroatoms. The van der Waals surface area contributed by atoms with Gasteiger partial charge < -0.3 is 27.4 Å². The molecule has 83 valence electrons. The molecule has 0 spiro atoms. The Morgan fingerprint density at radius 1 is 0.800 bits per heavy atom. The van der Waals surface area contributed by atoms with Gasteiger partial charge in [0.15, 0.2) is 0 Å². The Bertz CT molecular complexity index is 18.5. The van der Waals surface area contributed by atoms with Gasteiger partial charge in [0.05, 0.1) is 0 Å². The molecule has 0 unspecified atom stereocenters. The molecule has 6 N–H and O–H groups in total. The molecule has 0 heterocycles. The van der Waals surface area contributed by atoms with Crippen molar-refractivity contribution in [1.82, 2.24) is 0 Å². The van der Waals surface area contributed by atoms with Crippen LogP contribution in [0.25, 0.3) is 5.50 Å². The summed E-state index contributed by atoms with van der Waals surface area (Å²) in [5.41, 5.74) is 10.4. The molecule has 10 heavy (non-hydrogen) atoms. The number of nitrogens with two attached hydrogens (primary N) is 1. The van der Waals surface area contributed by atoms with Crippen LogP contribution in [-0.4, -0.2) is 16.4 Å². The quantitative estimate of drug-likeness (QED) is 0.345. The summed E-state index contributed by atoms with van der Waals surface area (Å²) >= 11 is 0. The third-order valence-electron chi connectivity index (χ3n) is 0. The van der Waals surface area contributed by atoms with Gasteiger partial charge in [0.2, 0.25) is 0 Å². The molecule has 0 atom stereocenters. The summed E-state index contributed by atoms with van der Waals surface area (Å²) in [6.45, 7) is 0. The number of hydrogen-bond acceptors (Lipinski definition) is 4. The van der Waals surface area contributed by atoms with Gasteiger partial charge in [-0.3, -0.25) is 0 Å². The maximum atomic E-state index is 5.96. The molecule has 0 rings (SSSR count). The largest absolute Gasteiger partial charge is 1.00 e. The van der Waals surface area contributed by atoms with Gasteiger partial charge in [-0.05, 0) is 0 Å². The average Bonchev–Trinajstić information content (AvgIpc) is 0.918. The van der Waals surface area contributed by atoms with Gasteiger partial charge in [0.1, 0.15) is 0 Å². The van der Waals surface area contributed by atoms with Crippen LogP contribution < -0.4 is 5.50 Å². The Morgan fingerprint density at radius 2 is 0.800 bits per heavy atom. The third-order valence-corrected chi connectivity index (χ3v) is 0. The van der Waals surface area contributed by atoms with Crippen LogP contribution in [0.3, 0.4) is 0 Å². The third kappa shape index (κ3) is 114. The minimum atomic E-state index is 0. The van der Waals surface area contributed by atoms with Gasteiger partial charge in [-0.1, -0.05) is 0 Å². The summed E-state index contributed by atoms with van der Waals surface area (Å²) in [5.74, 6) is 0. The van der Waals surface area contributed by atoms with E-state index in [1.165, 1.54) is 0 Å². The zero-order valence-corrected chi connectivity index (χ0v) is 10.9. The molecule has 0 aliphatic carbocycles. The van der Waals surface area contributed by atoms with Gasteiger partial charge in [-0.25, -0.2) is 0 Å². The fourth-order valence-corrected chi connectivity index (χ4v) is 0. The molecule has 0 aromatic rings. The summed E-state index contributed by atoms with van der Waals surface area (Å²) in [6, 6.07) is 0. The van der Waals surface area contributed by atoms with Gasteiger partial charge in [-0.15, -0.1) is 8.88 Å². The zero-order valence-electron chi connectivity index (χ0n) is 4.07. The first-order valence-corrected chi connectivity index (χ1v) is 1.45. The van der Waals surface area contributed by atoms with E-state index in [4.69, 9.17) is 5.50 Å². The summed E-state index contributed by atoms with van der Waals surface area (Å²) in [7, 11) is 0.167. The van der Waals surface area contributed by atoms with E-state index in [0.717, 1.165) is 0 Å². The standard InChI is InChI=1S/4Ag.H3N2P.3H2O/c;;;;1-3-2;;;/h;;;;1H,2H2;3*1H2/q4*+1;-1;;;/p-3. The molecule has 0 aliphatic rings. The van der Waals surface area contributed by atoms with Gasteiger partial charge >= 0.3 is 89.5 Å². The van der Waals surface area contributed by atoms with Crippen molar-refractivity contribution in [3.05, 3.63) is 5.50 Å². The maximum Gasteiger partial charge on any atom is 1.00 e. The van der Waals surface area contributed by atoms with Crippen LogP contribution in [0.1, 0.15) is 0 Å². The van der Waals surface area contributed by atoms with Crippen molar-refractivity contribution in [2.24, 2.45) is 5.50 Å². The predicted octanol–water partition coefficient (Wildman–Crippen LogP) is 0.233. The van der Waals surface area contributed by atoms with Crippen molar-refractivity contribution in [2.75, 3.05) is 0 Å². The van der Waals surface area contributed by atoms with Crippen molar-refractivity contribution in [2.45, 2.75) is 0 Å². The monoisotopic (exact) mass is 541 g/mol. The minimum absolute atomic E-state index is 0. The Balaban J connectivity index is -0.000000000952. The summed E-state index contributed by atoms with van der Waals surface area (Å²) in [5, 5.41) is 0. The van der Waals surface area contributed by atoms with E-state index in [9.17, 15) is 0 Å². The van der Waals surface area contributed by atoms with Crippen LogP contribution in [0.4, 0.5) is 0 Å². The van der Waals surface area contributed by atoms with Crippen molar-refractivity contribution in [3.8, 4) is 0 Å². The van der Waals surface area contributed by atoms with Crippen molar-refractivity contribution < 1.29 is 106 Å². The van der Waals surface area contributed by atoms with E-state index in [2.05, 4.69) is 5.50 Å². The van der Waals surface area contributed by atoms with E-state index in [1.807, 2.05) is 0 Å². The molecule has 0 aromatic heterocycles. The van der Waals surface area contributed by atoms with Gasteiger partial charge in [0, 0.05) is 0 Å². The van der Waals surface area contributed by atoms with Gasteiger partial charge in [-0.2, -0.15) is 0 Å². The Hall–Kier alpha value is 3.19. The van der Waals surface area contributed by atoms with E-state index in [0.29, 0.717) is 0 Å². The molecule has 0 amide bonds. The van der Waals surface area contributed by atoms with Crippen LogP contribution in [-0.2, 0) is 89.5 Å². The number of nitrogens with one attached hydrogen (secondary N) is 1. The molecule has 0 saturated carbocycles. The van der Waals surface area contributed by atoms with Crippen LogP contribution >= 0.6 is 8.88 Å². The fraction of sp³-hybridized carbons (Fsp3) is 0. The second-order valence-electron chi connectivity index (χ2n) is 0.129. The van der Waals surface area contributed by atoms with Crippen molar-refractivity contribution in [3.63, 3.8) is 0 Å². The van der Waals surface area contributed by atoms with Crippen LogP contribution in [0.2, 0.25) is 0 Å². The van der Waals surface area contributed by atoms with Gasteiger partial charge in [0.25, 0.3) is 0 Å². The number of rotatable bonds is 0. The first-order valence-electron chi connectivity index (χ1n) is 0.482. The molecule has 0 fully saturated rings. The van der Waals surface area contributed by atoms with E-state index in [1.54, 1.807) is 0 Å². The smallest absolute Gasteiger partial charge is 0.870 e. The van der Waals surface area contributed by atoms with Crippen LogP contribution in [0.15, 0.2) is 0 Å². The Morgan fingerprint density at radius 3 is 0.800 bits per heavy atom. The fourth-order valence-electron chi connectivity index (χ4n) is 0. The molecule has 0 bridgehead atoms. The second-order valence-corrected chi connectivity index (χ2v) is 0.387. The minimum Gasteiger partial charge on any atom is -0.870 e. The molecule has 0 saturated heterocycles. The normalized spacial score (nSPS) is 3.00. The Kier molecular flexibility index (Phi) is 632. The summed E-state index contributed by atoms with van der Waals surface area (Å²) in [6.07, 6.45) is 0. The first-order chi connectivity index (χ1) is 1.41. The van der Waals surface area contributed by atoms with E-state index < -0.39 is 0 Å². The molecule has 1 radical (unpaired) electrons. The summed E-state index contributed by atoms with van der Waals surface area (Å²) < 4.78 is 0. The van der Waals surface area contributed by atoms with Crippen LogP contribution in [0, 0.1) is 0 Å². The maximum absolute atomic E-state index is 5.96. The zero-order chi connectivity index (χ0) is 2.71. The predicted molar refractivity (Wildman–Crippen MR) is 21.2 cm³/mol. The average molecular weight is 545 g/mol. The first kappa shape index (κ1) is 72.8. The van der Waals surface area contributed by atoms with E-state index >= 15 is 0 Å².